The fourth-order valence-corrected chi connectivity index (χ4v) is 6.25. The van der Waals surface area contributed by atoms with Crippen molar-refractivity contribution in [1.29, 1.82) is 0 Å². The van der Waals surface area contributed by atoms with Gasteiger partial charge >= 0.3 is 0 Å². The molecule has 2 saturated carbocycles. The van der Waals surface area contributed by atoms with Crippen molar-refractivity contribution in [1.82, 2.24) is 0 Å². The number of fused-ring (bicyclic) bond motifs is 2. The third-order valence-electron chi connectivity index (χ3n) is 7.78. The average molecular weight is 310 g/mol. The summed E-state index contributed by atoms with van der Waals surface area (Å²) in [6.07, 6.45) is 5.22. The Kier molecular flexibility index (Phi) is 3.75. The molecule has 0 amide bonds. The number of ether oxygens (including phenoxy) is 3. The summed E-state index contributed by atoms with van der Waals surface area (Å²) in [4.78, 5) is 0. The van der Waals surface area contributed by atoms with Crippen LogP contribution in [0, 0.1) is 22.7 Å². The van der Waals surface area contributed by atoms with E-state index in [1.165, 1.54) is 19.3 Å². The number of hydrogen-bond acceptors (Lipinski definition) is 3. The van der Waals surface area contributed by atoms with Crippen molar-refractivity contribution in [3.05, 3.63) is 0 Å². The van der Waals surface area contributed by atoms with Crippen LogP contribution in [0.3, 0.4) is 0 Å². The molecule has 1 aliphatic heterocycles. The molecule has 22 heavy (non-hydrogen) atoms. The molecule has 2 aliphatic carbocycles. The van der Waals surface area contributed by atoms with E-state index in [0.717, 1.165) is 18.3 Å². The molecule has 0 aromatic rings. The van der Waals surface area contributed by atoms with Crippen molar-refractivity contribution in [2.75, 3.05) is 13.7 Å². The Bertz CT molecular complexity index is 448. The lowest BCUT2D eigenvalue weighted by molar-refractivity contribution is -0.225. The van der Waals surface area contributed by atoms with Gasteiger partial charge in [0.05, 0.1) is 6.10 Å². The molecular weight excluding hydrogens is 276 g/mol. The zero-order valence-electron chi connectivity index (χ0n) is 15.5. The molecule has 3 rings (SSSR count). The van der Waals surface area contributed by atoms with E-state index in [9.17, 15) is 0 Å². The zero-order chi connectivity index (χ0) is 16.4. The lowest BCUT2D eigenvalue weighted by atomic mass is 9.48. The lowest BCUT2D eigenvalue weighted by Crippen LogP contribution is -2.62. The molecule has 0 aromatic carbocycles. The van der Waals surface area contributed by atoms with E-state index >= 15 is 0 Å². The molecule has 1 saturated heterocycles. The number of methoxy groups -OCH3 is 1. The molecule has 3 heteroatoms. The summed E-state index contributed by atoms with van der Waals surface area (Å²) in [5.41, 5.74) is 0.297. The highest BCUT2D eigenvalue weighted by Gasteiger charge is 2.70. The molecule has 1 heterocycles. The maximum atomic E-state index is 6.58. The summed E-state index contributed by atoms with van der Waals surface area (Å²) in [7, 11) is 1.72. The van der Waals surface area contributed by atoms with Gasteiger partial charge in [-0.1, -0.05) is 27.7 Å². The van der Waals surface area contributed by atoms with Crippen LogP contribution in [0.2, 0.25) is 0 Å². The van der Waals surface area contributed by atoms with Crippen LogP contribution in [0.1, 0.15) is 67.2 Å². The second kappa shape index (κ2) is 4.94. The molecule has 3 fully saturated rings. The molecule has 0 aromatic heterocycles. The second-order valence-corrected chi connectivity index (χ2v) is 8.93. The first-order valence-corrected chi connectivity index (χ1v) is 9.02. The van der Waals surface area contributed by atoms with Gasteiger partial charge in [-0.15, -0.1) is 0 Å². The van der Waals surface area contributed by atoms with Crippen molar-refractivity contribution < 1.29 is 14.2 Å². The summed E-state index contributed by atoms with van der Waals surface area (Å²) >= 11 is 0. The van der Waals surface area contributed by atoms with E-state index in [4.69, 9.17) is 14.2 Å². The summed E-state index contributed by atoms with van der Waals surface area (Å²) in [5, 5.41) is 0. The van der Waals surface area contributed by atoms with Gasteiger partial charge < -0.3 is 14.2 Å². The Morgan fingerprint density at radius 2 is 1.82 bits per heavy atom. The van der Waals surface area contributed by atoms with Crippen LogP contribution >= 0.6 is 0 Å². The first kappa shape index (κ1) is 16.7. The van der Waals surface area contributed by atoms with Crippen LogP contribution in [0.4, 0.5) is 0 Å². The third kappa shape index (κ3) is 1.91. The van der Waals surface area contributed by atoms with E-state index in [0.29, 0.717) is 12.0 Å². The van der Waals surface area contributed by atoms with Crippen LogP contribution < -0.4 is 0 Å². The molecule has 0 N–H and O–H groups in total. The van der Waals surface area contributed by atoms with Crippen LogP contribution in [-0.4, -0.2) is 31.2 Å². The van der Waals surface area contributed by atoms with Crippen LogP contribution in [-0.2, 0) is 14.2 Å². The van der Waals surface area contributed by atoms with E-state index in [2.05, 4.69) is 34.6 Å². The largest absolute Gasteiger partial charge is 0.379 e. The summed E-state index contributed by atoms with van der Waals surface area (Å²) in [5.74, 6) is 0.890. The van der Waals surface area contributed by atoms with Gasteiger partial charge in [-0.05, 0) is 62.2 Å². The zero-order valence-corrected chi connectivity index (χ0v) is 15.5. The maximum absolute atomic E-state index is 6.58. The Morgan fingerprint density at radius 1 is 1.14 bits per heavy atom. The van der Waals surface area contributed by atoms with Crippen molar-refractivity contribution >= 4 is 0 Å². The summed E-state index contributed by atoms with van der Waals surface area (Å²) < 4.78 is 18.4. The Morgan fingerprint density at radius 3 is 2.41 bits per heavy atom. The normalized spacial score (nSPS) is 53.3. The van der Waals surface area contributed by atoms with Gasteiger partial charge in [0.1, 0.15) is 12.2 Å². The van der Waals surface area contributed by atoms with Gasteiger partial charge in [-0.25, -0.2) is 0 Å². The van der Waals surface area contributed by atoms with Crippen molar-refractivity contribution in [2.24, 2.45) is 22.7 Å². The molecule has 128 valence electrons. The maximum Gasteiger partial charge on any atom is 0.190 e. The van der Waals surface area contributed by atoms with E-state index in [1.807, 2.05) is 6.92 Å². The Labute approximate surface area is 136 Å². The summed E-state index contributed by atoms with van der Waals surface area (Å²) in [6, 6.07) is 0. The predicted molar refractivity (Wildman–Crippen MR) is 87.7 cm³/mol. The minimum atomic E-state index is -0.609. The topological polar surface area (TPSA) is 27.7 Å². The molecule has 0 bridgehead atoms. The van der Waals surface area contributed by atoms with Crippen molar-refractivity contribution in [3.8, 4) is 0 Å². The molecule has 0 radical (unpaired) electrons. The molecular formula is C19H34O3. The minimum Gasteiger partial charge on any atom is -0.379 e. The van der Waals surface area contributed by atoms with Gasteiger partial charge in [-0.2, -0.15) is 0 Å². The number of rotatable bonds is 3. The van der Waals surface area contributed by atoms with Crippen LogP contribution in [0.25, 0.3) is 0 Å². The predicted octanol–water partition coefficient (Wildman–Crippen LogP) is 4.40. The fourth-order valence-electron chi connectivity index (χ4n) is 6.25. The van der Waals surface area contributed by atoms with Crippen molar-refractivity contribution in [2.45, 2.75) is 84.7 Å². The summed E-state index contributed by atoms with van der Waals surface area (Å²) in [6.45, 7) is 14.5. The highest BCUT2D eigenvalue weighted by molar-refractivity contribution is 5.17. The molecule has 3 aliphatic rings. The van der Waals surface area contributed by atoms with E-state index in [-0.39, 0.29) is 17.1 Å². The third-order valence-corrected chi connectivity index (χ3v) is 7.78. The average Bonchev–Trinajstić information content (AvgIpc) is 2.88. The van der Waals surface area contributed by atoms with Gasteiger partial charge in [0.2, 0.25) is 0 Å². The van der Waals surface area contributed by atoms with Gasteiger partial charge in [0, 0.05) is 7.11 Å². The van der Waals surface area contributed by atoms with Crippen LogP contribution in [0.5, 0.6) is 0 Å². The fraction of sp³-hybridized carbons (Fsp3) is 1.00. The lowest BCUT2D eigenvalue weighted by Gasteiger charge is -2.59. The monoisotopic (exact) mass is 310 g/mol. The van der Waals surface area contributed by atoms with Crippen LogP contribution in [0.15, 0.2) is 0 Å². The first-order chi connectivity index (χ1) is 10.2. The Hall–Kier alpha value is -0.120. The first-order valence-electron chi connectivity index (χ1n) is 9.02. The SMILES string of the molecule is CC[C@]12C[C@@H]3O[C@](C)(COC)O[C@]3(C)C(C)(C)[C@@H]1CC[C@H]2C. The highest BCUT2D eigenvalue weighted by Crippen LogP contribution is 2.69. The molecule has 3 nitrogen and oxygen atoms in total. The highest BCUT2D eigenvalue weighted by atomic mass is 16.8. The van der Waals surface area contributed by atoms with Crippen molar-refractivity contribution in [3.63, 3.8) is 0 Å². The Balaban J connectivity index is 2.02. The quantitative estimate of drug-likeness (QED) is 0.773. The molecule has 0 spiro atoms. The molecule has 6 atom stereocenters. The second-order valence-electron chi connectivity index (χ2n) is 8.93. The smallest absolute Gasteiger partial charge is 0.190 e. The van der Waals surface area contributed by atoms with Gasteiger partial charge in [0.15, 0.2) is 5.79 Å². The minimum absolute atomic E-state index is 0.113. The van der Waals surface area contributed by atoms with E-state index < -0.39 is 5.79 Å². The van der Waals surface area contributed by atoms with Gasteiger partial charge in [0.25, 0.3) is 0 Å². The molecule has 0 unspecified atom stereocenters. The number of hydrogen-bond donors (Lipinski definition) is 0. The van der Waals surface area contributed by atoms with Gasteiger partial charge in [-0.3, -0.25) is 0 Å². The standard InChI is InChI=1S/C19H34O3/c1-8-19-11-15-18(6,22-17(5,21-15)12-20-7)16(3,4)14(19)10-9-13(19)2/h13-15H,8-12H2,1-7H3/t13-,14+,15+,17+,18+,19-/m1/s1. The van der Waals surface area contributed by atoms with E-state index in [1.54, 1.807) is 7.11 Å².